The summed E-state index contributed by atoms with van der Waals surface area (Å²) in [5, 5.41) is 3.00. The maximum absolute atomic E-state index is 12.3. The second kappa shape index (κ2) is 7.29. The van der Waals surface area contributed by atoms with Crippen molar-refractivity contribution in [3.63, 3.8) is 0 Å². The Morgan fingerprint density at radius 1 is 1.30 bits per heavy atom. The number of carbonyl (C=O) groups excluding carboxylic acids is 1. The van der Waals surface area contributed by atoms with Crippen LogP contribution in [0.5, 0.6) is 5.75 Å². The SMILES string of the molecule is CCOc1ccccc1NC(=O)C1CCC(CN)CC1. The average Bonchev–Trinajstić information content (AvgIpc) is 2.49. The molecule has 4 heteroatoms. The molecule has 0 aliphatic heterocycles. The van der Waals surface area contributed by atoms with Gasteiger partial charge in [0.1, 0.15) is 5.75 Å². The molecule has 1 saturated carbocycles. The Labute approximate surface area is 120 Å². The molecular weight excluding hydrogens is 252 g/mol. The van der Waals surface area contributed by atoms with Crippen LogP contribution in [-0.2, 0) is 4.79 Å². The highest BCUT2D eigenvalue weighted by atomic mass is 16.5. The number of carbonyl (C=O) groups is 1. The van der Waals surface area contributed by atoms with Crippen molar-refractivity contribution >= 4 is 11.6 Å². The minimum Gasteiger partial charge on any atom is -0.492 e. The van der Waals surface area contributed by atoms with Crippen LogP contribution in [0.1, 0.15) is 32.6 Å². The Morgan fingerprint density at radius 2 is 2.00 bits per heavy atom. The van der Waals surface area contributed by atoms with Gasteiger partial charge in [0.2, 0.25) is 5.91 Å². The largest absolute Gasteiger partial charge is 0.492 e. The van der Waals surface area contributed by atoms with E-state index in [-0.39, 0.29) is 11.8 Å². The van der Waals surface area contributed by atoms with Crippen LogP contribution in [0.4, 0.5) is 5.69 Å². The van der Waals surface area contributed by atoms with Crippen molar-refractivity contribution in [2.45, 2.75) is 32.6 Å². The maximum atomic E-state index is 12.3. The molecule has 0 heterocycles. The average molecular weight is 276 g/mol. The molecule has 0 unspecified atom stereocenters. The smallest absolute Gasteiger partial charge is 0.227 e. The Bertz CT molecular complexity index is 440. The van der Waals surface area contributed by atoms with Gasteiger partial charge in [0.15, 0.2) is 0 Å². The summed E-state index contributed by atoms with van der Waals surface area (Å²) in [6.45, 7) is 3.27. The first-order chi connectivity index (χ1) is 9.74. The van der Waals surface area contributed by atoms with E-state index in [0.717, 1.165) is 43.7 Å². The first-order valence-electron chi connectivity index (χ1n) is 7.47. The van der Waals surface area contributed by atoms with Gasteiger partial charge in [0, 0.05) is 5.92 Å². The molecule has 1 amide bonds. The van der Waals surface area contributed by atoms with Crippen molar-refractivity contribution in [3.05, 3.63) is 24.3 Å². The van der Waals surface area contributed by atoms with Crippen LogP contribution in [0.2, 0.25) is 0 Å². The molecule has 1 aromatic carbocycles. The summed E-state index contributed by atoms with van der Waals surface area (Å²) in [6.07, 6.45) is 3.98. The highest BCUT2D eigenvalue weighted by Crippen LogP contribution is 2.30. The molecule has 4 nitrogen and oxygen atoms in total. The zero-order chi connectivity index (χ0) is 14.4. The number of rotatable bonds is 5. The number of anilines is 1. The standard InChI is InChI=1S/C16H24N2O2/c1-2-20-15-6-4-3-5-14(15)18-16(19)13-9-7-12(11-17)8-10-13/h3-6,12-13H,2,7-11,17H2,1H3,(H,18,19). The molecule has 0 saturated heterocycles. The zero-order valence-electron chi connectivity index (χ0n) is 12.1. The quantitative estimate of drug-likeness (QED) is 0.869. The first-order valence-corrected chi connectivity index (χ1v) is 7.47. The van der Waals surface area contributed by atoms with Gasteiger partial charge in [-0.15, -0.1) is 0 Å². The minimum absolute atomic E-state index is 0.104. The van der Waals surface area contributed by atoms with Crippen molar-refractivity contribution in [2.75, 3.05) is 18.5 Å². The van der Waals surface area contributed by atoms with E-state index in [1.54, 1.807) is 0 Å². The van der Waals surface area contributed by atoms with Crippen molar-refractivity contribution in [1.82, 2.24) is 0 Å². The van der Waals surface area contributed by atoms with Crippen molar-refractivity contribution in [2.24, 2.45) is 17.6 Å². The highest BCUT2D eigenvalue weighted by molar-refractivity contribution is 5.94. The summed E-state index contributed by atoms with van der Waals surface area (Å²) in [5.41, 5.74) is 6.45. The van der Waals surface area contributed by atoms with Gasteiger partial charge in [0.05, 0.1) is 12.3 Å². The van der Waals surface area contributed by atoms with E-state index in [2.05, 4.69) is 5.32 Å². The topological polar surface area (TPSA) is 64.3 Å². The second-order valence-electron chi connectivity index (χ2n) is 5.37. The lowest BCUT2D eigenvalue weighted by atomic mass is 9.81. The van der Waals surface area contributed by atoms with Gasteiger partial charge >= 0.3 is 0 Å². The second-order valence-corrected chi connectivity index (χ2v) is 5.37. The van der Waals surface area contributed by atoms with E-state index in [4.69, 9.17) is 10.5 Å². The Balaban J connectivity index is 1.95. The molecule has 0 radical (unpaired) electrons. The van der Waals surface area contributed by atoms with E-state index in [1.165, 1.54) is 0 Å². The fourth-order valence-corrected chi connectivity index (χ4v) is 2.75. The first kappa shape index (κ1) is 14.9. The predicted octanol–water partition coefficient (Wildman–Crippen LogP) is 2.79. The molecule has 0 atom stereocenters. The number of nitrogens with two attached hydrogens (primary N) is 1. The van der Waals surface area contributed by atoms with Crippen LogP contribution < -0.4 is 15.8 Å². The summed E-state index contributed by atoms with van der Waals surface area (Å²) in [6, 6.07) is 7.58. The molecule has 110 valence electrons. The molecule has 1 aliphatic rings. The molecule has 1 aromatic rings. The summed E-state index contributed by atoms with van der Waals surface area (Å²) in [4.78, 5) is 12.3. The molecule has 1 fully saturated rings. The summed E-state index contributed by atoms with van der Waals surface area (Å²) < 4.78 is 5.53. The third kappa shape index (κ3) is 3.73. The van der Waals surface area contributed by atoms with E-state index < -0.39 is 0 Å². The molecule has 2 rings (SSSR count). The van der Waals surface area contributed by atoms with Gasteiger partial charge in [0.25, 0.3) is 0 Å². The zero-order valence-corrected chi connectivity index (χ0v) is 12.1. The van der Waals surface area contributed by atoms with E-state index in [9.17, 15) is 4.79 Å². The van der Waals surface area contributed by atoms with Gasteiger partial charge in [-0.25, -0.2) is 0 Å². The lowest BCUT2D eigenvalue weighted by molar-refractivity contribution is -0.121. The van der Waals surface area contributed by atoms with Gasteiger partial charge in [-0.1, -0.05) is 12.1 Å². The number of nitrogens with one attached hydrogen (secondary N) is 1. The van der Waals surface area contributed by atoms with E-state index >= 15 is 0 Å². The number of para-hydroxylation sites is 2. The molecular formula is C16H24N2O2. The van der Waals surface area contributed by atoms with Crippen LogP contribution in [0.25, 0.3) is 0 Å². The third-order valence-electron chi connectivity index (χ3n) is 4.00. The van der Waals surface area contributed by atoms with Crippen LogP contribution >= 0.6 is 0 Å². The van der Waals surface area contributed by atoms with Crippen molar-refractivity contribution in [1.29, 1.82) is 0 Å². The van der Waals surface area contributed by atoms with Crippen molar-refractivity contribution in [3.8, 4) is 5.75 Å². The van der Waals surface area contributed by atoms with Gasteiger partial charge in [-0.05, 0) is 57.2 Å². The maximum Gasteiger partial charge on any atom is 0.227 e. The number of benzene rings is 1. The number of amides is 1. The fraction of sp³-hybridized carbons (Fsp3) is 0.562. The summed E-state index contributed by atoms with van der Waals surface area (Å²) in [5.74, 6) is 1.54. The highest BCUT2D eigenvalue weighted by Gasteiger charge is 2.26. The number of hydrogen-bond acceptors (Lipinski definition) is 3. The minimum atomic E-state index is 0.104. The monoisotopic (exact) mass is 276 g/mol. The van der Waals surface area contributed by atoms with Crippen molar-refractivity contribution < 1.29 is 9.53 Å². The van der Waals surface area contributed by atoms with Crippen LogP contribution in [0.15, 0.2) is 24.3 Å². The Hall–Kier alpha value is -1.55. The predicted molar refractivity (Wildman–Crippen MR) is 80.7 cm³/mol. The van der Waals surface area contributed by atoms with Crippen LogP contribution in [0.3, 0.4) is 0 Å². The molecule has 20 heavy (non-hydrogen) atoms. The fourth-order valence-electron chi connectivity index (χ4n) is 2.75. The van der Waals surface area contributed by atoms with Gasteiger partial charge < -0.3 is 15.8 Å². The molecule has 0 bridgehead atoms. The van der Waals surface area contributed by atoms with E-state index in [0.29, 0.717) is 12.5 Å². The molecule has 0 aromatic heterocycles. The molecule has 3 N–H and O–H groups in total. The number of ether oxygens (including phenoxy) is 1. The number of hydrogen-bond donors (Lipinski definition) is 2. The Kier molecular flexibility index (Phi) is 5.41. The lowest BCUT2D eigenvalue weighted by Gasteiger charge is -2.27. The van der Waals surface area contributed by atoms with Crippen LogP contribution in [0, 0.1) is 11.8 Å². The molecule has 0 spiro atoms. The van der Waals surface area contributed by atoms with Crippen LogP contribution in [-0.4, -0.2) is 19.1 Å². The third-order valence-corrected chi connectivity index (χ3v) is 4.00. The normalized spacial score (nSPS) is 22.3. The van der Waals surface area contributed by atoms with Gasteiger partial charge in [-0.3, -0.25) is 4.79 Å². The Morgan fingerprint density at radius 3 is 2.65 bits per heavy atom. The summed E-state index contributed by atoms with van der Waals surface area (Å²) in [7, 11) is 0. The summed E-state index contributed by atoms with van der Waals surface area (Å²) >= 11 is 0. The van der Waals surface area contributed by atoms with Gasteiger partial charge in [-0.2, -0.15) is 0 Å². The lowest BCUT2D eigenvalue weighted by Crippen LogP contribution is -2.29. The van der Waals surface area contributed by atoms with E-state index in [1.807, 2.05) is 31.2 Å². The molecule has 1 aliphatic carbocycles.